The van der Waals surface area contributed by atoms with Crippen molar-refractivity contribution in [2.45, 2.75) is 83.1 Å². The summed E-state index contributed by atoms with van der Waals surface area (Å²) >= 11 is 0. The Morgan fingerprint density at radius 1 is 0.833 bits per heavy atom. The average molecular weight is 255 g/mol. The molecule has 1 unspecified atom stereocenters. The van der Waals surface area contributed by atoms with Gasteiger partial charge in [-0.15, -0.1) is 0 Å². The monoisotopic (exact) mass is 255 g/mol. The highest BCUT2D eigenvalue weighted by molar-refractivity contribution is 5.78. The molecule has 1 atom stereocenters. The summed E-state index contributed by atoms with van der Waals surface area (Å²) in [6.07, 6.45) is 11.1. The van der Waals surface area contributed by atoms with Gasteiger partial charge in [0.25, 0.3) is 0 Å². The molecule has 1 rings (SSSR count). The van der Waals surface area contributed by atoms with E-state index < -0.39 is 6.04 Å². The van der Waals surface area contributed by atoms with E-state index in [4.69, 9.17) is 0 Å². The van der Waals surface area contributed by atoms with Crippen molar-refractivity contribution in [3.63, 3.8) is 0 Å². The fraction of sp³-hybridized carbons (Fsp3) is 0.929. The lowest BCUT2D eigenvalue weighted by Crippen LogP contribution is -2.20. The SMILES string of the molecule is O=C1CCCCCCCCCCC([N+](=O)[O-])CC1. The van der Waals surface area contributed by atoms with Crippen LogP contribution in [0.15, 0.2) is 0 Å². The largest absolute Gasteiger partial charge is 0.300 e. The summed E-state index contributed by atoms with van der Waals surface area (Å²) in [5.41, 5.74) is 0. The van der Waals surface area contributed by atoms with E-state index in [0.717, 1.165) is 25.7 Å². The van der Waals surface area contributed by atoms with Gasteiger partial charge in [-0.1, -0.05) is 38.5 Å². The number of ketones is 1. The molecule has 0 aromatic rings. The van der Waals surface area contributed by atoms with Crippen LogP contribution in [0.1, 0.15) is 77.0 Å². The third-order valence-corrected chi connectivity index (χ3v) is 3.80. The van der Waals surface area contributed by atoms with Crippen molar-refractivity contribution in [1.29, 1.82) is 0 Å². The Morgan fingerprint density at radius 2 is 1.39 bits per heavy atom. The molecule has 0 aromatic heterocycles. The fourth-order valence-corrected chi connectivity index (χ4v) is 2.57. The first-order chi connectivity index (χ1) is 8.70. The average Bonchev–Trinajstić information content (AvgIpc) is 2.34. The zero-order chi connectivity index (χ0) is 13.2. The first-order valence-corrected chi connectivity index (χ1v) is 7.35. The number of nitro groups is 1. The Kier molecular flexibility index (Phi) is 7.62. The molecule has 0 bridgehead atoms. The summed E-state index contributed by atoms with van der Waals surface area (Å²) in [7, 11) is 0. The molecule has 0 heterocycles. The van der Waals surface area contributed by atoms with E-state index in [1.54, 1.807) is 0 Å². The van der Waals surface area contributed by atoms with E-state index in [0.29, 0.717) is 25.7 Å². The number of carbonyl (C=O) groups excluding carboxylic acids is 1. The molecule has 0 aliphatic heterocycles. The Morgan fingerprint density at radius 3 is 2.00 bits per heavy atom. The van der Waals surface area contributed by atoms with Crippen LogP contribution >= 0.6 is 0 Å². The van der Waals surface area contributed by atoms with Crippen LogP contribution in [0.25, 0.3) is 0 Å². The van der Waals surface area contributed by atoms with Crippen LogP contribution < -0.4 is 0 Å². The second-order valence-electron chi connectivity index (χ2n) is 5.38. The maximum absolute atomic E-state index is 11.6. The fourth-order valence-electron chi connectivity index (χ4n) is 2.57. The number of Topliss-reactive ketones (excluding diaryl/α,β-unsaturated/α-hetero) is 1. The number of rotatable bonds is 1. The van der Waals surface area contributed by atoms with Gasteiger partial charge in [0.05, 0.1) is 0 Å². The number of carbonyl (C=O) groups is 1. The lowest BCUT2D eigenvalue weighted by Gasteiger charge is -2.10. The van der Waals surface area contributed by atoms with E-state index in [1.165, 1.54) is 25.7 Å². The van der Waals surface area contributed by atoms with E-state index in [1.807, 2.05) is 0 Å². The molecule has 104 valence electrons. The lowest BCUT2D eigenvalue weighted by molar-refractivity contribution is -0.524. The van der Waals surface area contributed by atoms with E-state index in [-0.39, 0.29) is 10.7 Å². The van der Waals surface area contributed by atoms with Crippen molar-refractivity contribution in [2.24, 2.45) is 0 Å². The smallest absolute Gasteiger partial charge is 0.213 e. The lowest BCUT2D eigenvalue weighted by atomic mass is 9.98. The molecule has 1 aliphatic carbocycles. The van der Waals surface area contributed by atoms with E-state index >= 15 is 0 Å². The van der Waals surface area contributed by atoms with E-state index in [2.05, 4.69) is 0 Å². The highest BCUT2D eigenvalue weighted by atomic mass is 16.6. The molecule has 1 saturated carbocycles. The summed E-state index contributed by atoms with van der Waals surface area (Å²) in [5, 5.41) is 10.9. The van der Waals surface area contributed by atoms with Gasteiger partial charge in [-0.2, -0.15) is 0 Å². The minimum Gasteiger partial charge on any atom is -0.300 e. The van der Waals surface area contributed by atoms with Crippen molar-refractivity contribution in [2.75, 3.05) is 0 Å². The van der Waals surface area contributed by atoms with Gasteiger partial charge >= 0.3 is 0 Å². The highest BCUT2D eigenvalue weighted by Crippen LogP contribution is 2.17. The summed E-state index contributed by atoms with van der Waals surface area (Å²) in [5.74, 6) is 0.207. The van der Waals surface area contributed by atoms with Crippen molar-refractivity contribution in [3.05, 3.63) is 10.1 Å². The van der Waals surface area contributed by atoms with Crippen LogP contribution in [0.2, 0.25) is 0 Å². The second kappa shape index (κ2) is 9.06. The summed E-state index contributed by atoms with van der Waals surface area (Å²) < 4.78 is 0. The number of hydrogen-bond donors (Lipinski definition) is 0. The van der Waals surface area contributed by atoms with Gasteiger partial charge in [0.15, 0.2) is 0 Å². The minimum atomic E-state index is -0.503. The summed E-state index contributed by atoms with van der Waals surface area (Å²) in [4.78, 5) is 22.3. The second-order valence-corrected chi connectivity index (χ2v) is 5.38. The number of hydrogen-bond acceptors (Lipinski definition) is 3. The van der Waals surface area contributed by atoms with Crippen LogP contribution in [0.4, 0.5) is 0 Å². The first-order valence-electron chi connectivity index (χ1n) is 7.35. The Hall–Kier alpha value is -0.930. The molecule has 1 aliphatic rings. The van der Waals surface area contributed by atoms with Crippen LogP contribution in [0, 0.1) is 10.1 Å². The summed E-state index contributed by atoms with van der Waals surface area (Å²) in [6, 6.07) is -0.503. The normalized spacial score (nSPS) is 25.3. The third kappa shape index (κ3) is 6.72. The topological polar surface area (TPSA) is 60.2 Å². The molecule has 4 nitrogen and oxygen atoms in total. The maximum Gasteiger partial charge on any atom is 0.213 e. The van der Waals surface area contributed by atoms with Gasteiger partial charge in [-0.05, 0) is 12.8 Å². The number of nitrogens with zero attached hydrogens (tertiary/aromatic N) is 1. The van der Waals surface area contributed by atoms with Crippen LogP contribution in [-0.4, -0.2) is 16.7 Å². The van der Waals surface area contributed by atoms with Crippen LogP contribution in [0.5, 0.6) is 0 Å². The first kappa shape index (κ1) is 15.1. The predicted molar refractivity (Wildman–Crippen MR) is 71.2 cm³/mol. The summed E-state index contributed by atoms with van der Waals surface area (Å²) in [6.45, 7) is 0. The highest BCUT2D eigenvalue weighted by Gasteiger charge is 2.20. The molecule has 0 aromatic carbocycles. The van der Waals surface area contributed by atoms with Crippen molar-refractivity contribution in [1.82, 2.24) is 0 Å². The van der Waals surface area contributed by atoms with Crippen molar-refractivity contribution in [3.8, 4) is 0 Å². The van der Waals surface area contributed by atoms with Gasteiger partial charge in [-0.25, -0.2) is 0 Å². The zero-order valence-corrected chi connectivity index (χ0v) is 11.2. The molecule has 1 fully saturated rings. The zero-order valence-electron chi connectivity index (χ0n) is 11.2. The van der Waals surface area contributed by atoms with Crippen molar-refractivity contribution < 1.29 is 9.72 Å². The minimum absolute atomic E-state index is 0.195. The molecule has 18 heavy (non-hydrogen) atoms. The Labute approximate surface area is 109 Å². The quantitative estimate of drug-likeness (QED) is 0.527. The molecule has 0 radical (unpaired) electrons. The van der Waals surface area contributed by atoms with Crippen molar-refractivity contribution >= 4 is 5.78 Å². The van der Waals surface area contributed by atoms with Crippen LogP contribution in [0.3, 0.4) is 0 Å². The molecular weight excluding hydrogens is 230 g/mol. The van der Waals surface area contributed by atoms with E-state index in [9.17, 15) is 14.9 Å². The van der Waals surface area contributed by atoms with Crippen LogP contribution in [-0.2, 0) is 4.79 Å². The molecule has 4 heteroatoms. The molecule has 0 N–H and O–H groups in total. The van der Waals surface area contributed by atoms with Gasteiger partial charge in [-0.3, -0.25) is 14.9 Å². The standard InChI is InChI=1S/C14H25NO3/c16-14-10-8-6-4-2-1-3-5-7-9-13(11-12-14)15(17)18/h13H,1-12H2. The third-order valence-electron chi connectivity index (χ3n) is 3.80. The molecular formula is C14H25NO3. The van der Waals surface area contributed by atoms with Gasteiger partial charge < -0.3 is 0 Å². The molecule has 0 amide bonds. The van der Waals surface area contributed by atoms with Gasteiger partial charge in [0.1, 0.15) is 5.78 Å². The molecule has 0 saturated heterocycles. The van der Waals surface area contributed by atoms with Gasteiger partial charge in [0.2, 0.25) is 6.04 Å². The maximum atomic E-state index is 11.6. The predicted octanol–water partition coefficient (Wildman–Crippen LogP) is 3.90. The molecule has 0 spiro atoms. The Balaban J connectivity index is 2.39. The Bertz CT molecular complexity index is 266. The van der Waals surface area contributed by atoms with Gasteiger partial charge in [0, 0.05) is 30.6 Å².